The van der Waals surface area contributed by atoms with Gasteiger partial charge in [0, 0.05) is 22.5 Å². The number of aromatic amines is 1. The summed E-state index contributed by atoms with van der Waals surface area (Å²) in [4.78, 5) is 57.2. The molecular weight excluding hydrogens is 503 g/mol. The van der Waals surface area contributed by atoms with Crippen molar-refractivity contribution >= 4 is 29.3 Å². The first kappa shape index (κ1) is 26.8. The fraction of sp³-hybridized carbons (Fsp3) is 0.545. The van der Waals surface area contributed by atoms with Crippen molar-refractivity contribution in [3.05, 3.63) is 38.0 Å². The Bertz CT molecular complexity index is 1100. The number of nitrogens with one attached hydrogen (secondary N) is 1. The molecule has 1 saturated heterocycles. The maximum atomic E-state index is 11.9. The number of hydrogen-bond donors (Lipinski definition) is 6. The average molecular weight is 521 g/mol. The number of aryl methyl sites for hydroxylation is 1. The van der Waals surface area contributed by atoms with Crippen molar-refractivity contribution in [2.75, 3.05) is 6.61 Å². The van der Waals surface area contributed by atoms with Crippen LogP contribution in [0.3, 0.4) is 0 Å². The van der Waals surface area contributed by atoms with E-state index in [0.717, 1.165) is 0 Å². The minimum atomic E-state index is -5.68. The molecule has 2 heterocycles. The predicted molar refractivity (Wildman–Crippen MR) is 102 cm³/mol. The van der Waals surface area contributed by atoms with E-state index in [0.29, 0.717) is 0 Å². The van der Waals surface area contributed by atoms with Gasteiger partial charge in [-0.2, -0.15) is 8.62 Å². The van der Waals surface area contributed by atoms with Crippen molar-refractivity contribution in [2.24, 2.45) is 11.0 Å². The molecule has 0 spiro atoms. The summed E-state index contributed by atoms with van der Waals surface area (Å²) in [5.74, 6) is 5.06. The maximum absolute atomic E-state index is 11.9. The van der Waals surface area contributed by atoms with Crippen LogP contribution in [0.15, 0.2) is 16.0 Å². The van der Waals surface area contributed by atoms with E-state index >= 15 is 0 Å². The van der Waals surface area contributed by atoms with Gasteiger partial charge in [-0.05, 0) is 23.6 Å². The second kappa shape index (κ2) is 10.2. The molecule has 0 bridgehead atoms. The number of rotatable bonds is 10. The quantitative estimate of drug-likeness (QED) is 0.0825. The van der Waals surface area contributed by atoms with Crippen molar-refractivity contribution < 1.29 is 56.0 Å². The van der Waals surface area contributed by atoms with Crippen LogP contribution in [-0.2, 0) is 36.4 Å². The molecular formula is C11H18N5O13P3. The summed E-state index contributed by atoms with van der Waals surface area (Å²) >= 11 is 0. The number of nitrogens with zero attached hydrogens (tertiary/aromatic N) is 3. The molecule has 180 valence electrons. The lowest BCUT2D eigenvalue weighted by Crippen LogP contribution is -2.31. The highest BCUT2D eigenvalue weighted by molar-refractivity contribution is 7.66. The maximum Gasteiger partial charge on any atom is 0.490 e. The van der Waals surface area contributed by atoms with Gasteiger partial charge in [-0.25, -0.2) is 19.6 Å². The van der Waals surface area contributed by atoms with Crippen LogP contribution in [0.5, 0.6) is 0 Å². The Labute approximate surface area is 178 Å². The van der Waals surface area contributed by atoms with Crippen LogP contribution in [0.25, 0.3) is 10.4 Å². The summed E-state index contributed by atoms with van der Waals surface area (Å²) in [6.07, 6.45) is -2.99. The second-order valence-electron chi connectivity index (χ2n) is 6.24. The molecule has 0 amide bonds. The Kier molecular flexibility index (Phi) is 8.56. The van der Waals surface area contributed by atoms with Gasteiger partial charge in [0.15, 0.2) is 0 Å². The summed E-state index contributed by atoms with van der Waals surface area (Å²) in [6, 6.07) is 1.39. The zero-order valence-electron chi connectivity index (χ0n) is 15.9. The van der Waals surface area contributed by atoms with Gasteiger partial charge in [-0.15, -0.1) is 0 Å². The van der Waals surface area contributed by atoms with Crippen LogP contribution in [0.4, 0.5) is 5.82 Å². The Hall–Kier alpha value is -1.45. The zero-order valence-corrected chi connectivity index (χ0v) is 18.6. The number of ether oxygens (including phenoxy) is 1. The number of aromatic nitrogens is 1. The molecule has 0 saturated carbocycles. The first-order valence-corrected chi connectivity index (χ1v) is 12.8. The summed E-state index contributed by atoms with van der Waals surface area (Å²) in [7, 11) is -16.6. The number of azide groups is 1. The van der Waals surface area contributed by atoms with Crippen LogP contribution < -0.4 is 11.5 Å². The SMILES string of the molecule is Cc1cc([C@H]2C[C@@H](ON)[C@@H](COP(=O)(O)OP(=O)(O)OP(=O)(O)O)O2)c(N=[N+]=[N-])[nH]c1=O. The van der Waals surface area contributed by atoms with Crippen molar-refractivity contribution in [3.63, 3.8) is 0 Å². The Morgan fingerprint density at radius 2 is 1.94 bits per heavy atom. The zero-order chi connectivity index (χ0) is 24.3. The van der Waals surface area contributed by atoms with Gasteiger partial charge in [-0.3, -0.25) is 14.2 Å². The van der Waals surface area contributed by atoms with E-state index in [-0.39, 0.29) is 23.4 Å². The number of pyridine rings is 1. The molecule has 5 atom stereocenters. The smallest absolute Gasteiger partial charge is 0.365 e. The number of phosphoric acid groups is 3. The fourth-order valence-corrected chi connectivity index (χ4v) is 5.73. The number of H-pyrrole nitrogens is 1. The van der Waals surface area contributed by atoms with Gasteiger partial charge >= 0.3 is 23.5 Å². The predicted octanol–water partition coefficient (Wildman–Crippen LogP) is 1.06. The van der Waals surface area contributed by atoms with Gasteiger partial charge in [0.1, 0.15) is 18.0 Å². The Morgan fingerprint density at radius 1 is 1.28 bits per heavy atom. The molecule has 21 heteroatoms. The van der Waals surface area contributed by atoms with Gasteiger partial charge in [0.2, 0.25) is 0 Å². The normalized spacial score (nSPS) is 25.0. The largest absolute Gasteiger partial charge is 0.490 e. The Balaban J connectivity index is 2.14. The minimum absolute atomic E-state index is 0.0142. The van der Waals surface area contributed by atoms with E-state index in [1.54, 1.807) is 0 Å². The molecule has 1 aromatic rings. The molecule has 2 rings (SSSR count). The monoisotopic (exact) mass is 521 g/mol. The van der Waals surface area contributed by atoms with E-state index < -0.39 is 53.9 Å². The first-order valence-electron chi connectivity index (χ1n) is 8.24. The summed E-state index contributed by atoms with van der Waals surface area (Å²) in [5.41, 5.74) is 8.70. The van der Waals surface area contributed by atoms with Crippen molar-refractivity contribution in [3.8, 4) is 0 Å². The summed E-state index contributed by atoms with van der Waals surface area (Å²) in [5, 5.41) is 3.38. The van der Waals surface area contributed by atoms with Gasteiger partial charge in [-0.1, -0.05) is 0 Å². The van der Waals surface area contributed by atoms with Crippen molar-refractivity contribution in [1.82, 2.24) is 4.98 Å². The summed E-state index contributed by atoms with van der Waals surface area (Å²) < 4.78 is 51.2. The third-order valence-electron chi connectivity index (χ3n) is 3.92. The van der Waals surface area contributed by atoms with Gasteiger partial charge < -0.3 is 29.3 Å². The highest BCUT2D eigenvalue weighted by Crippen LogP contribution is 2.66. The third-order valence-corrected chi connectivity index (χ3v) is 7.72. The molecule has 32 heavy (non-hydrogen) atoms. The number of hydrogen-bond acceptors (Lipinski definition) is 11. The molecule has 2 unspecified atom stereocenters. The van der Waals surface area contributed by atoms with Crippen LogP contribution in [0.1, 0.15) is 23.7 Å². The van der Waals surface area contributed by atoms with E-state index in [2.05, 4.69) is 28.2 Å². The molecule has 0 aromatic carbocycles. The molecule has 0 aliphatic carbocycles. The molecule has 18 nitrogen and oxygen atoms in total. The first-order chi connectivity index (χ1) is 14.7. The van der Waals surface area contributed by atoms with Crippen LogP contribution >= 0.6 is 23.5 Å². The minimum Gasteiger partial charge on any atom is -0.365 e. The summed E-state index contributed by atoms with van der Waals surface area (Å²) in [6.45, 7) is 0.683. The molecule has 0 radical (unpaired) electrons. The lowest BCUT2D eigenvalue weighted by atomic mass is 10.0. The van der Waals surface area contributed by atoms with E-state index in [4.69, 9.17) is 35.7 Å². The lowest BCUT2D eigenvalue weighted by molar-refractivity contribution is -0.0474. The van der Waals surface area contributed by atoms with Crippen molar-refractivity contribution in [1.29, 1.82) is 0 Å². The van der Waals surface area contributed by atoms with Crippen LogP contribution in [0, 0.1) is 6.92 Å². The van der Waals surface area contributed by atoms with E-state index in [9.17, 15) is 23.4 Å². The molecule has 1 aromatic heterocycles. The number of phosphoric ester groups is 1. The van der Waals surface area contributed by atoms with Crippen LogP contribution in [-0.4, -0.2) is 43.4 Å². The number of nitrogens with two attached hydrogens (primary N) is 1. The van der Waals surface area contributed by atoms with E-state index in [1.165, 1.54) is 13.0 Å². The van der Waals surface area contributed by atoms with Gasteiger partial charge in [0.25, 0.3) is 5.56 Å². The second-order valence-corrected chi connectivity index (χ2v) is 10.7. The molecule has 1 aliphatic rings. The molecule has 1 fully saturated rings. The Morgan fingerprint density at radius 3 is 2.50 bits per heavy atom. The van der Waals surface area contributed by atoms with Crippen LogP contribution in [0.2, 0.25) is 0 Å². The third kappa shape index (κ3) is 7.56. The van der Waals surface area contributed by atoms with Crippen molar-refractivity contribution in [2.45, 2.75) is 31.7 Å². The topological polar surface area (TPSA) is 286 Å². The highest BCUT2D eigenvalue weighted by atomic mass is 31.3. The van der Waals surface area contributed by atoms with Gasteiger partial charge in [0.05, 0.1) is 12.7 Å². The molecule has 1 aliphatic heterocycles. The fourth-order valence-electron chi connectivity index (χ4n) is 2.70. The average Bonchev–Trinajstić information content (AvgIpc) is 3.03. The standard InChI is InChI=1S/C11H18N5O13P3/c1-5-2-6(10(15-16-12)14-11(5)17)7-3-8(27-13)9(26-7)4-25-31(21,22)29-32(23,24)28-30(18,19)20/h2,7-9H,3-4,13H2,1H3,(H,14,17)(H,21,22)(H,23,24)(H2,18,19,20)/t7-,8-,9-/m1/s1. The molecule has 7 N–H and O–H groups in total. The lowest BCUT2D eigenvalue weighted by Gasteiger charge is -2.20. The van der Waals surface area contributed by atoms with E-state index in [1.807, 2.05) is 0 Å². The highest BCUT2D eigenvalue weighted by Gasteiger charge is 2.43.